The molecule has 0 aliphatic carbocycles. The zero-order chi connectivity index (χ0) is 21.8. The van der Waals surface area contributed by atoms with Gasteiger partial charge >= 0.3 is 12.2 Å². The summed E-state index contributed by atoms with van der Waals surface area (Å²) in [7, 11) is 0. The second-order valence-corrected chi connectivity index (χ2v) is 7.26. The van der Waals surface area contributed by atoms with Crippen molar-refractivity contribution in [2.75, 3.05) is 25.1 Å². The third-order valence-corrected chi connectivity index (χ3v) is 4.91. The maximum Gasteiger partial charge on any atom is 0.422 e. The van der Waals surface area contributed by atoms with E-state index in [0.717, 1.165) is 0 Å². The van der Waals surface area contributed by atoms with Crippen molar-refractivity contribution in [3.8, 4) is 5.75 Å². The Balaban J connectivity index is 1.78. The fourth-order valence-electron chi connectivity index (χ4n) is 3.22. The number of anilines is 1. The molecule has 0 unspecified atom stereocenters. The lowest BCUT2D eigenvalue weighted by atomic mass is 9.83. The van der Waals surface area contributed by atoms with Crippen molar-refractivity contribution in [1.29, 1.82) is 0 Å². The standard InChI is InChI=1S/C20H19ClF4N2O3/c21-14-3-6-16(17(11-14)30-12-20(23,24)25)26-18(28)27-19(7-9-29-10-8-19)13-1-4-15(22)5-2-13/h1-6,11H,7-10,12H2,(H2,26,27,28). The van der Waals surface area contributed by atoms with E-state index in [-0.39, 0.29) is 16.5 Å². The van der Waals surface area contributed by atoms with E-state index in [4.69, 9.17) is 21.1 Å². The van der Waals surface area contributed by atoms with Crippen LogP contribution in [-0.4, -0.2) is 32.0 Å². The summed E-state index contributed by atoms with van der Waals surface area (Å²) in [5, 5.41) is 5.54. The van der Waals surface area contributed by atoms with Crippen LogP contribution in [-0.2, 0) is 10.3 Å². The number of carbonyl (C=O) groups excluding carboxylic acids is 1. The fraction of sp³-hybridized carbons (Fsp3) is 0.350. The molecule has 1 heterocycles. The zero-order valence-electron chi connectivity index (χ0n) is 15.7. The average Bonchev–Trinajstić information content (AvgIpc) is 2.68. The topological polar surface area (TPSA) is 59.6 Å². The van der Waals surface area contributed by atoms with Gasteiger partial charge in [0.05, 0.1) is 11.2 Å². The second kappa shape index (κ2) is 9.09. The Bertz CT molecular complexity index is 885. The number of halogens is 5. The number of hydrogen-bond acceptors (Lipinski definition) is 3. The molecule has 1 fully saturated rings. The molecular weight excluding hydrogens is 428 g/mol. The van der Waals surface area contributed by atoms with E-state index in [1.54, 1.807) is 12.1 Å². The Hall–Kier alpha value is -2.52. The molecule has 162 valence electrons. The largest absolute Gasteiger partial charge is 0.482 e. The van der Waals surface area contributed by atoms with Gasteiger partial charge in [0.25, 0.3) is 0 Å². The highest BCUT2D eigenvalue weighted by Crippen LogP contribution is 2.34. The van der Waals surface area contributed by atoms with E-state index in [9.17, 15) is 22.4 Å². The SMILES string of the molecule is O=C(Nc1ccc(Cl)cc1OCC(F)(F)F)NC1(c2ccc(F)cc2)CCOCC1. The van der Waals surface area contributed by atoms with Crippen LogP contribution < -0.4 is 15.4 Å². The first kappa shape index (κ1) is 22.2. The molecule has 0 saturated carbocycles. The highest BCUT2D eigenvalue weighted by molar-refractivity contribution is 6.30. The van der Waals surface area contributed by atoms with Crippen molar-refractivity contribution in [2.45, 2.75) is 24.6 Å². The van der Waals surface area contributed by atoms with Gasteiger partial charge in [0.1, 0.15) is 11.6 Å². The number of amides is 2. The molecule has 0 radical (unpaired) electrons. The summed E-state index contributed by atoms with van der Waals surface area (Å²) < 4.78 is 61.0. The summed E-state index contributed by atoms with van der Waals surface area (Å²) in [5.41, 5.74) is -0.0791. The molecule has 0 atom stereocenters. The van der Waals surface area contributed by atoms with Crippen LogP contribution in [0.5, 0.6) is 5.75 Å². The smallest absolute Gasteiger partial charge is 0.422 e. The summed E-state index contributed by atoms with van der Waals surface area (Å²) in [6, 6.07) is 9.07. The van der Waals surface area contributed by atoms with E-state index in [1.165, 1.54) is 30.3 Å². The van der Waals surface area contributed by atoms with Crippen molar-refractivity contribution in [3.05, 3.63) is 58.9 Å². The van der Waals surface area contributed by atoms with Crippen LogP contribution >= 0.6 is 11.6 Å². The molecule has 0 spiro atoms. The Kier molecular flexibility index (Phi) is 6.72. The highest BCUT2D eigenvalue weighted by atomic mass is 35.5. The van der Waals surface area contributed by atoms with E-state index >= 15 is 0 Å². The van der Waals surface area contributed by atoms with Crippen LogP contribution in [0.4, 0.5) is 28.0 Å². The quantitative estimate of drug-likeness (QED) is 0.617. The maximum atomic E-state index is 13.3. The van der Waals surface area contributed by atoms with Crippen molar-refractivity contribution in [2.24, 2.45) is 0 Å². The number of hydrogen-bond donors (Lipinski definition) is 2. The van der Waals surface area contributed by atoms with Crippen LogP contribution in [0.2, 0.25) is 5.02 Å². The lowest BCUT2D eigenvalue weighted by molar-refractivity contribution is -0.153. The van der Waals surface area contributed by atoms with Gasteiger partial charge in [0.15, 0.2) is 6.61 Å². The predicted octanol–water partition coefficient (Wildman–Crippen LogP) is 5.25. The molecule has 2 N–H and O–H groups in total. The lowest BCUT2D eigenvalue weighted by Crippen LogP contribution is -2.50. The van der Waals surface area contributed by atoms with E-state index in [2.05, 4.69) is 10.6 Å². The van der Waals surface area contributed by atoms with E-state index < -0.39 is 30.2 Å². The zero-order valence-corrected chi connectivity index (χ0v) is 16.4. The van der Waals surface area contributed by atoms with E-state index in [0.29, 0.717) is 31.6 Å². The van der Waals surface area contributed by atoms with Crippen LogP contribution in [0.25, 0.3) is 0 Å². The second-order valence-electron chi connectivity index (χ2n) is 6.82. The molecule has 10 heteroatoms. The molecule has 5 nitrogen and oxygen atoms in total. The minimum Gasteiger partial charge on any atom is -0.482 e. The Labute approximate surface area is 175 Å². The number of nitrogens with one attached hydrogen (secondary N) is 2. The van der Waals surface area contributed by atoms with Crippen LogP contribution in [0.15, 0.2) is 42.5 Å². The number of urea groups is 1. The summed E-state index contributed by atoms with van der Waals surface area (Å²) in [6.45, 7) is -0.752. The monoisotopic (exact) mass is 446 g/mol. The fourth-order valence-corrected chi connectivity index (χ4v) is 3.39. The van der Waals surface area contributed by atoms with Crippen molar-refractivity contribution < 1.29 is 31.8 Å². The number of rotatable bonds is 5. The third-order valence-electron chi connectivity index (χ3n) is 4.68. The van der Waals surface area contributed by atoms with Gasteiger partial charge in [-0.15, -0.1) is 0 Å². The first-order valence-electron chi connectivity index (χ1n) is 9.09. The number of benzene rings is 2. The van der Waals surface area contributed by atoms with Crippen molar-refractivity contribution >= 4 is 23.3 Å². The number of ether oxygens (including phenoxy) is 2. The summed E-state index contributed by atoms with van der Waals surface area (Å²) in [5.74, 6) is -0.615. The summed E-state index contributed by atoms with van der Waals surface area (Å²) >= 11 is 5.84. The summed E-state index contributed by atoms with van der Waals surface area (Å²) in [6.07, 6.45) is -3.65. The van der Waals surface area contributed by atoms with Gasteiger partial charge in [-0.1, -0.05) is 23.7 Å². The molecule has 1 aliphatic heterocycles. The predicted molar refractivity (Wildman–Crippen MR) is 103 cm³/mol. The minimum absolute atomic E-state index is 0.0301. The van der Waals surface area contributed by atoms with Crippen LogP contribution in [0.3, 0.4) is 0 Å². The molecule has 2 amide bonds. The van der Waals surface area contributed by atoms with Gasteiger partial charge in [0, 0.05) is 24.3 Å². The van der Waals surface area contributed by atoms with Gasteiger partial charge in [-0.25, -0.2) is 9.18 Å². The van der Waals surface area contributed by atoms with Crippen molar-refractivity contribution in [1.82, 2.24) is 5.32 Å². The van der Waals surface area contributed by atoms with E-state index in [1.807, 2.05) is 0 Å². The normalized spacial score (nSPS) is 16.0. The molecule has 2 aromatic rings. The van der Waals surface area contributed by atoms with Crippen LogP contribution in [0, 0.1) is 5.82 Å². The molecule has 1 saturated heterocycles. The average molecular weight is 447 g/mol. The lowest BCUT2D eigenvalue weighted by Gasteiger charge is -2.38. The van der Waals surface area contributed by atoms with Gasteiger partial charge < -0.3 is 20.1 Å². The van der Waals surface area contributed by atoms with Crippen LogP contribution in [0.1, 0.15) is 18.4 Å². The van der Waals surface area contributed by atoms with Gasteiger partial charge in [-0.3, -0.25) is 0 Å². The maximum absolute atomic E-state index is 13.3. The first-order valence-corrected chi connectivity index (χ1v) is 9.47. The van der Waals surface area contributed by atoms with Gasteiger partial charge in [-0.05, 0) is 42.7 Å². The molecule has 1 aliphatic rings. The molecule has 0 bridgehead atoms. The number of alkyl halides is 3. The molecule has 30 heavy (non-hydrogen) atoms. The Morgan fingerprint density at radius 3 is 2.43 bits per heavy atom. The molecule has 2 aromatic carbocycles. The minimum atomic E-state index is -4.55. The third kappa shape index (κ3) is 5.76. The van der Waals surface area contributed by atoms with Gasteiger partial charge in [-0.2, -0.15) is 13.2 Å². The Morgan fingerprint density at radius 2 is 1.80 bits per heavy atom. The van der Waals surface area contributed by atoms with Crippen molar-refractivity contribution in [3.63, 3.8) is 0 Å². The first-order chi connectivity index (χ1) is 14.2. The Morgan fingerprint density at radius 1 is 1.13 bits per heavy atom. The number of carbonyl (C=O) groups is 1. The highest BCUT2D eigenvalue weighted by Gasteiger charge is 2.36. The molecule has 3 rings (SSSR count). The summed E-state index contributed by atoms with van der Waals surface area (Å²) in [4.78, 5) is 12.7. The molecule has 0 aromatic heterocycles. The molecular formula is C20H19ClF4N2O3. The van der Waals surface area contributed by atoms with Gasteiger partial charge in [0.2, 0.25) is 0 Å².